The van der Waals surface area contributed by atoms with E-state index >= 15 is 0 Å². The van der Waals surface area contributed by atoms with Crippen LogP contribution in [0.25, 0.3) is 93.6 Å². The molecule has 0 unspecified atom stereocenters. The predicted molar refractivity (Wildman–Crippen MR) is 229 cm³/mol. The number of aromatic nitrogens is 3. The van der Waals surface area contributed by atoms with E-state index in [1.54, 1.807) is 12.1 Å². The predicted octanol–water partition coefficient (Wildman–Crippen LogP) is 12.3. The summed E-state index contributed by atoms with van der Waals surface area (Å²) in [6.45, 7) is 0. The van der Waals surface area contributed by atoms with Crippen LogP contribution < -0.4 is 0 Å². The van der Waals surface area contributed by atoms with Gasteiger partial charge in [-0.3, -0.25) is 0 Å². The van der Waals surface area contributed by atoms with Gasteiger partial charge in [-0.1, -0.05) is 109 Å². The topological polar surface area (TPSA) is 86.2 Å². The van der Waals surface area contributed by atoms with Gasteiger partial charge in [-0.05, 0) is 60.7 Å². The van der Waals surface area contributed by atoms with Crippen LogP contribution in [0, 0.1) is 34.0 Å². The van der Waals surface area contributed by atoms with Crippen LogP contribution in [0.1, 0.15) is 16.7 Å². The lowest BCUT2D eigenvalue weighted by Crippen LogP contribution is -2.04. The number of hydrogen-bond acceptors (Lipinski definition) is 3. The van der Waals surface area contributed by atoms with E-state index in [0.717, 1.165) is 76.8 Å². The molecule has 6 nitrogen and oxygen atoms in total. The SMILES string of the molecule is N#Cc1cc(C#N)c(-n2c3ccccc3c3ccccc32)c(-c2ccc(-n3c4ccccc4c4ccc5c6ccccc6n(-c6ccccc6)c5c43)cc2C#N)c1. The Kier molecular flexibility index (Phi) is 6.95. The van der Waals surface area contributed by atoms with Gasteiger partial charge in [0.1, 0.15) is 6.07 Å². The molecule has 0 saturated heterocycles. The van der Waals surface area contributed by atoms with Crippen molar-refractivity contribution < 1.29 is 0 Å². The summed E-state index contributed by atoms with van der Waals surface area (Å²) in [5, 5.41) is 38.5. The first kappa shape index (κ1) is 32.1. The lowest BCUT2D eigenvalue weighted by Gasteiger charge is -2.18. The average Bonchev–Trinajstić information content (AvgIpc) is 3.92. The number of rotatable bonds is 4. The third-order valence-corrected chi connectivity index (χ3v) is 11.3. The molecule has 11 aromatic rings. The molecule has 0 radical (unpaired) electrons. The number of nitriles is 3. The monoisotopic (exact) mass is 724 g/mol. The van der Waals surface area contributed by atoms with Gasteiger partial charge in [-0.25, -0.2) is 0 Å². The van der Waals surface area contributed by atoms with Crippen molar-refractivity contribution in [2.45, 2.75) is 0 Å². The number of hydrogen-bond donors (Lipinski definition) is 0. The Morgan fingerprint density at radius 3 is 1.33 bits per heavy atom. The molecule has 0 saturated carbocycles. The van der Waals surface area contributed by atoms with Crippen LogP contribution in [0.4, 0.5) is 0 Å². The summed E-state index contributed by atoms with van der Waals surface area (Å²) in [7, 11) is 0. The molecule has 0 aliphatic rings. The second kappa shape index (κ2) is 12.3. The second-order valence-electron chi connectivity index (χ2n) is 14.3. The van der Waals surface area contributed by atoms with Crippen molar-refractivity contribution in [1.82, 2.24) is 13.7 Å². The Balaban J connectivity index is 1.23. The van der Waals surface area contributed by atoms with Gasteiger partial charge in [0.15, 0.2) is 0 Å². The van der Waals surface area contributed by atoms with Crippen molar-refractivity contribution in [3.63, 3.8) is 0 Å². The fourth-order valence-electron chi connectivity index (χ4n) is 9.01. The van der Waals surface area contributed by atoms with E-state index in [-0.39, 0.29) is 0 Å². The molecule has 0 aliphatic carbocycles. The summed E-state index contributed by atoms with van der Waals surface area (Å²) in [4.78, 5) is 0. The zero-order valence-corrected chi connectivity index (χ0v) is 30.3. The van der Waals surface area contributed by atoms with Crippen molar-refractivity contribution in [2.75, 3.05) is 0 Å². The Hall–Kier alpha value is -8.37. The lowest BCUT2D eigenvalue weighted by atomic mass is 9.93. The van der Waals surface area contributed by atoms with E-state index in [4.69, 9.17) is 0 Å². The van der Waals surface area contributed by atoms with Crippen LogP contribution in [-0.4, -0.2) is 13.7 Å². The molecule has 57 heavy (non-hydrogen) atoms. The van der Waals surface area contributed by atoms with Gasteiger partial charge in [-0.15, -0.1) is 0 Å². The minimum Gasteiger partial charge on any atom is -0.307 e. The van der Waals surface area contributed by atoms with E-state index in [0.29, 0.717) is 33.5 Å². The molecule has 6 heteroatoms. The maximum Gasteiger partial charge on any atom is 0.101 e. The Labute approximate surface area is 326 Å². The van der Waals surface area contributed by atoms with Crippen molar-refractivity contribution in [1.29, 1.82) is 15.8 Å². The number of benzene rings is 8. The fourth-order valence-corrected chi connectivity index (χ4v) is 9.01. The van der Waals surface area contributed by atoms with Crippen LogP contribution >= 0.6 is 0 Å². The molecule has 0 aliphatic heterocycles. The average molecular weight is 725 g/mol. The van der Waals surface area contributed by atoms with E-state index in [2.05, 4.69) is 135 Å². The molecule has 0 fully saturated rings. The Bertz CT molecular complexity index is 3560. The van der Waals surface area contributed by atoms with Gasteiger partial charge in [-0.2, -0.15) is 15.8 Å². The number of nitrogens with zero attached hydrogens (tertiary/aromatic N) is 6. The lowest BCUT2D eigenvalue weighted by molar-refractivity contribution is 1.15. The molecule has 8 aromatic carbocycles. The van der Waals surface area contributed by atoms with E-state index in [1.165, 1.54) is 0 Å². The highest BCUT2D eigenvalue weighted by atomic mass is 15.0. The Morgan fingerprint density at radius 1 is 0.333 bits per heavy atom. The highest BCUT2D eigenvalue weighted by molar-refractivity contribution is 6.24. The highest BCUT2D eigenvalue weighted by Crippen LogP contribution is 2.43. The minimum atomic E-state index is 0.345. The zero-order chi connectivity index (χ0) is 38.2. The molecule has 0 amide bonds. The maximum absolute atomic E-state index is 11.0. The summed E-state index contributed by atoms with van der Waals surface area (Å²) in [5.74, 6) is 0. The largest absolute Gasteiger partial charge is 0.307 e. The molecule has 0 N–H and O–H groups in total. The molecule has 0 atom stereocenters. The number of para-hydroxylation sites is 5. The first-order chi connectivity index (χ1) is 28.2. The first-order valence-electron chi connectivity index (χ1n) is 18.7. The molecule has 262 valence electrons. The van der Waals surface area contributed by atoms with Gasteiger partial charge in [0, 0.05) is 54.8 Å². The van der Waals surface area contributed by atoms with E-state index in [1.807, 2.05) is 54.6 Å². The fraction of sp³-hybridized carbons (Fsp3) is 0. The van der Waals surface area contributed by atoms with Gasteiger partial charge < -0.3 is 13.7 Å². The summed E-state index contributed by atoms with van der Waals surface area (Å²) >= 11 is 0. The van der Waals surface area contributed by atoms with Crippen LogP contribution in [0.3, 0.4) is 0 Å². The van der Waals surface area contributed by atoms with Gasteiger partial charge in [0.2, 0.25) is 0 Å². The maximum atomic E-state index is 11.0. The quantitative estimate of drug-likeness (QED) is 0.181. The third-order valence-electron chi connectivity index (χ3n) is 11.3. The number of fused-ring (bicyclic) bond motifs is 10. The normalized spacial score (nSPS) is 11.5. The first-order valence-corrected chi connectivity index (χ1v) is 18.7. The molecule has 0 spiro atoms. The van der Waals surface area contributed by atoms with Crippen molar-refractivity contribution in [2.24, 2.45) is 0 Å². The molecular weight excluding hydrogens is 697 g/mol. The van der Waals surface area contributed by atoms with E-state index in [9.17, 15) is 15.8 Å². The Morgan fingerprint density at radius 2 is 0.807 bits per heavy atom. The summed E-state index contributed by atoms with van der Waals surface area (Å²) in [6, 6.07) is 64.6. The summed E-state index contributed by atoms with van der Waals surface area (Å²) < 4.78 is 6.72. The molecular formula is C51H28N6. The molecule has 3 aromatic heterocycles. The van der Waals surface area contributed by atoms with Gasteiger partial charge >= 0.3 is 0 Å². The van der Waals surface area contributed by atoms with Crippen LogP contribution in [0.15, 0.2) is 170 Å². The molecule has 0 bridgehead atoms. The highest BCUT2D eigenvalue weighted by Gasteiger charge is 2.24. The summed E-state index contributed by atoms with van der Waals surface area (Å²) in [5.41, 5.74) is 11.0. The van der Waals surface area contributed by atoms with Crippen molar-refractivity contribution in [3.05, 3.63) is 187 Å². The van der Waals surface area contributed by atoms with E-state index < -0.39 is 0 Å². The van der Waals surface area contributed by atoms with Crippen LogP contribution in [-0.2, 0) is 0 Å². The van der Waals surface area contributed by atoms with Crippen LogP contribution in [0.2, 0.25) is 0 Å². The minimum absolute atomic E-state index is 0.345. The van der Waals surface area contributed by atoms with Gasteiger partial charge in [0.25, 0.3) is 0 Å². The standard InChI is InChI=1S/C51H28N6/c52-29-32-26-34(31-54)49(57-47-20-10-4-14-38(47)39-15-5-11-21-48(39)57)44(27-32)37-23-22-36(28-33(37)30-53)56-46-19-9-7-17-41(46)43-25-24-42-40-16-6-8-18-45(40)55(50(42)51(43)56)35-12-2-1-3-13-35/h1-28H. The second-order valence-corrected chi connectivity index (χ2v) is 14.3. The van der Waals surface area contributed by atoms with Gasteiger partial charge in [0.05, 0.1) is 67.6 Å². The van der Waals surface area contributed by atoms with Crippen LogP contribution in [0.5, 0.6) is 0 Å². The third kappa shape index (κ3) is 4.55. The summed E-state index contributed by atoms with van der Waals surface area (Å²) in [6.07, 6.45) is 0. The zero-order valence-electron chi connectivity index (χ0n) is 30.3. The van der Waals surface area contributed by atoms with Crippen molar-refractivity contribution in [3.8, 4) is 46.4 Å². The van der Waals surface area contributed by atoms with Crippen molar-refractivity contribution >= 4 is 65.4 Å². The smallest absolute Gasteiger partial charge is 0.101 e. The molecule has 3 heterocycles. The molecule has 11 rings (SSSR count).